The summed E-state index contributed by atoms with van der Waals surface area (Å²) in [5.41, 5.74) is 28.9. The molecule has 0 atom stereocenters. The molecule has 0 fully saturated rings. The molecule has 18 nitrogen and oxygen atoms in total. The van der Waals surface area contributed by atoms with Gasteiger partial charge in [0.1, 0.15) is 34.5 Å². The first kappa shape index (κ1) is 84.6. The van der Waals surface area contributed by atoms with Gasteiger partial charge in [-0.3, -0.25) is 9.59 Å². The Morgan fingerprint density at radius 1 is 0.358 bits per heavy atom. The SMILES string of the molecule is CCCCCCCCCCOc1cc(N(c2ccc(OC)cc2)c2ccc(OC)cc2)ccc1C#Cc1c2nc(c(-c3ccc(C(=O)NCCN)cc3)c3ccc([nH]3)c(C#Cc3ccc(N(c4ccc(OC)cc4)c4ccc(OC)cc4)cc3OCCCCCCCCCC)c3nc(c(-c4ccc(C(=O)NCCN)cc4)c4ccc1[nH]4)C=C3)C=C2. The lowest BCUT2D eigenvalue weighted by Crippen LogP contribution is -2.28. The van der Waals surface area contributed by atoms with E-state index in [1.165, 1.54) is 64.2 Å². The average molecular weight is 1600 g/mol. The number of nitrogens with zero attached hydrogens (tertiary/aromatic N) is 4. The molecule has 8 aromatic carbocycles. The number of nitrogens with two attached hydrogens (primary N) is 2. The number of methoxy groups -OCH3 is 4. The molecule has 2 aliphatic rings. The van der Waals surface area contributed by atoms with Gasteiger partial charge in [-0.25, -0.2) is 9.97 Å². The maximum absolute atomic E-state index is 13.5. The van der Waals surface area contributed by atoms with Crippen LogP contribution in [0.2, 0.25) is 0 Å². The molecule has 13 rings (SSSR count). The summed E-state index contributed by atoms with van der Waals surface area (Å²) < 4.78 is 36.4. The number of rotatable bonds is 38. The van der Waals surface area contributed by atoms with Crippen molar-refractivity contribution >= 4 is 92.3 Å². The quantitative estimate of drug-likeness (QED) is 0.0156. The Kier molecular flexibility index (Phi) is 30.2. The van der Waals surface area contributed by atoms with E-state index in [9.17, 15) is 9.59 Å². The second kappa shape index (κ2) is 42.7. The number of aromatic nitrogens is 4. The number of unbranched alkanes of at least 4 members (excludes halogenated alkanes) is 14. The third kappa shape index (κ3) is 21.5. The van der Waals surface area contributed by atoms with E-state index in [2.05, 4.69) is 92.2 Å². The van der Waals surface area contributed by atoms with Gasteiger partial charge in [-0.2, -0.15) is 0 Å². The molecule has 0 spiro atoms. The maximum atomic E-state index is 13.5. The van der Waals surface area contributed by atoms with Gasteiger partial charge in [0, 0.05) is 106 Å². The zero-order chi connectivity index (χ0) is 83.4. The molecular formula is C102H108N10O8. The number of fused-ring (bicyclic) bond motifs is 8. The number of hydrogen-bond donors (Lipinski definition) is 6. The van der Waals surface area contributed by atoms with Crippen LogP contribution in [0.4, 0.5) is 34.1 Å². The third-order valence-electron chi connectivity index (χ3n) is 21.4. The Balaban J connectivity index is 1.01. The maximum Gasteiger partial charge on any atom is 0.251 e. The van der Waals surface area contributed by atoms with Gasteiger partial charge in [0.25, 0.3) is 11.8 Å². The van der Waals surface area contributed by atoms with Crippen molar-refractivity contribution in [1.29, 1.82) is 0 Å². The molecule has 5 heterocycles. The highest BCUT2D eigenvalue weighted by atomic mass is 16.5. The van der Waals surface area contributed by atoms with Gasteiger partial charge in [-0.05, 0) is 218 Å². The highest BCUT2D eigenvalue weighted by Gasteiger charge is 2.23. The molecule has 120 heavy (non-hydrogen) atoms. The standard InChI is InChI=1S/C102H108N10O8/c1-7-9-11-13-15-17-19-21-67-119-97-69-81(111(77-37-45-83(115-3)46-38-77)78-39-47-84(116-4)48-40-78)35-31-71(97)33-53-87-89-55-59-93(107-89)99(73-23-27-75(28-24-73)101(113)105-65-63-103)95-61-57-91(109-95)88(92-58-62-96(110-92)100(94-60-56-90(87)108-94)74-25-29-76(30-26-74)102(114)106-66-64-104)54-34-72-32-36-82(70-98(72)120-68-22-20-18-16-14-12-10-8-2)112(79-41-49-85(117-5)50-42-79)80-43-51-86(118-6)52-44-80/h23-32,35-52,55-62,69-70,107,110H,7-22,63-68,103-104H2,1-6H3,(H,105,113)(H,106,114). The van der Waals surface area contributed by atoms with E-state index in [0.717, 1.165) is 129 Å². The molecule has 18 heteroatoms. The molecule has 3 aromatic heterocycles. The Hall–Kier alpha value is -13.3. The van der Waals surface area contributed by atoms with Crippen molar-refractivity contribution in [3.8, 4) is 80.4 Å². The Labute approximate surface area is 705 Å². The van der Waals surface area contributed by atoms with Crippen molar-refractivity contribution < 1.29 is 38.0 Å². The van der Waals surface area contributed by atoms with Crippen LogP contribution in [0, 0.1) is 23.7 Å². The Morgan fingerprint density at radius 3 is 0.992 bits per heavy atom. The molecule has 0 saturated heterocycles. The minimum atomic E-state index is -0.233. The molecule has 2 aliphatic heterocycles. The van der Waals surface area contributed by atoms with Gasteiger partial charge in [0.15, 0.2) is 0 Å². The van der Waals surface area contributed by atoms with Gasteiger partial charge in [0.05, 0.1) is 97.7 Å². The van der Waals surface area contributed by atoms with Crippen molar-refractivity contribution in [2.45, 2.75) is 117 Å². The Morgan fingerprint density at radius 2 is 0.667 bits per heavy atom. The monoisotopic (exact) mass is 1600 g/mol. The highest BCUT2D eigenvalue weighted by Crippen LogP contribution is 2.43. The number of carbonyl (C=O) groups excluding carboxylic acids is 2. The highest BCUT2D eigenvalue weighted by molar-refractivity contribution is 5.99. The molecule has 0 radical (unpaired) electrons. The largest absolute Gasteiger partial charge is 0.497 e. The van der Waals surface area contributed by atoms with Crippen molar-refractivity contribution in [2.24, 2.45) is 11.5 Å². The number of anilines is 6. The number of aromatic amines is 2. The summed E-state index contributed by atoms with van der Waals surface area (Å²) in [6, 6.07) is 67.6. The predicted octanol–water partition coefficient (Wildman–Crippen LogP) is 22.2. The number of nitrogens with one attached hydrogen (secondary N) is 4. The normalized spacial score (nSPS) is 11.3. The summed E-state index contributed by atoms with van der Waals surface area (Å²) in [6.45, 7) is 6.74. The number of H-pyrrole nitrogens is 2. The van der Waals surface area contributed by atoms with Gasteiger partial charge < -0.3 is 70.3 Å². The van der Waals surface area contributed by atoms with Crippen LogP contribution in [-0.4, -0.2) is 99.6 Å². The lowest BCUT2D eigenvalue weighted by atomic mass is 10.0. The summed E-state index contributed by atoms with van der Waals surface area (Å²) in [4.78, 5) is 50.3. The summed E-state index contributed by atoms with van der Waals surface area (Å²) in [5, 5.41) is 5.85. The fourth-order valence-corrected chi connectivity index (χ4v) is 14.9. The molecule has 0 saturated carbocycles. The number of amides is 2. The smallest absolute Gasteiger partial charge is 0.251 e. The Bertz CT molecular complexity index is 5230. The zero-order valence-electron chi connectivity index (χ0n) is 69.7. The van der Waals surface area contributed by atoms with Crippen LogP contribution in [0.3, 0.4) is 0 Å². The van der Waals surface area contributed by atoms with E-state index < -0.39 is 0 Å². The van der Waals surface area contributed by atoms with Crippen molar-refractivity contribution in [3.63, 3.8) is 0 Å². The third-order valence-corrected chi connectivity index (χ3v) is 21.4. The first-order chi connectivity index (χ1) is 59.0. The predicted molar refractivity (Wildman–Crippen MR) is 489 cm³/mol. The van der Waals surface area contributed by atoms with Crippen LogP contribution >= 0.6 is 0 Å². The molecule has 0 aliphatic carbocycles. The van der Waals surface area contributed by atoms with E-state index in [0.29, 0.717) is 118 Å². The second-order valence-electron chi connectivity index (χ2n) is 29.7. The molecule has 614 valence electrons. The summed E-state index contributed by atoms with van der Waals surface area (Å²) >= 11 is 0. The number of benzene rings is 8. The van der Waals surface area contributed by atoms with E-state index >= 15 is 0 Å². The molecule has 8 N–H and O–H groups in total. The molecule has 2 amide bonds. The number of hydrogen-bond acceptors (Lipinski definition) is 14. The van der Waals surface area contributed by atoms with Crippen molar-refractivity contribution in [2.75, 3.05) is 77.6 Å². The van der Waals surface area contributed by atoms with E-state index in [1.54, 1.807) is 28.4 Å². The lowest BCUT2D eigenvalue weighted by molar-refractivity contribution is 0.0946. The summed E-state index contributed by atoms with van der Waals surface area (Å²) in [7, 11) is 6.67. The van der Waals surface area contributed by atoms with E-state index in [4.69, 9.17) is 49.9 Å². The van der Waals surface area contributed by atoms with Crippen LogP contribution in [0.25, 0.3) is 68.6 Å². The van der Waals surface area contributed by atoms with Gasteiger partial charge in [0.2, 0.25) is 0 Å². The van der Waals surface area contributed by atoms with Crippen LogP contribution in [0.1, 0.15) is 182 Å². The minimum absolute atomic E-state index is 0.233. The topological polar surface area (TPSA) is 229 Å². The second-order valence-corrected chi connectivity index (χ2v) is 29.7. The van der Waals surface area contributed by atoms with Crippen molar-refractivity contribution in [1.82, 2.24) is 30.6 Å². The average Bonchev–Trinajstić information content (AvgIpc) is 1.59. The zero-order valence-corrected chi connectivity index (χ0v) is 69.7. The summed E-state index contributed by atoms with van der Waals surface area (Å²) in [6.07, 6.45) is 26.4. The van der Waals surface area contributed by atoms with Gasteiger partial charge >= 0.3 is 0 Å². The summed E-state index contributed by atoms with van der Waals surface area (Å²) in [5.74, 6) is 18.4. The van der Waals surface area contributed by atoms with Crippen molar-refractivity contribution in [3.05, 3.63) is 262 Å². The lowest BCUT2D eigenvalue weighted by Gasteiger charge is -2.26. The minimum Gasteiger partial charge on any atom is -0.497 e. The van der Waals surface area contributed by atoms with Gasteiger partial charge in [-0.1, -0.05) is 152 Å². The van der Waals surface area contributed by atoms with Crippen LogP contribution in [0.5, 0.6) is 34.5 Å². The fraction of sp³-hybridized carbons (Fsp3) is 0.275. The first-order valence-corrected chi connectivity index (χ1v) is 42.1. The molecule has 11 aromatic rings. The number of ether oxygens (including phenoxy) is 6. The van der Waals surface area contributed by atoms with Crippen LogP contribution < -0.4 is 60.3 Å². The van der Waals surface area contributed by atoms with E-state index in [1.807, 2.05) is 206 Å². The molecule has 8 bridgehead atoms. The van der Waals surface area contributed by atoms with Gasteiger partial charge in [-0.15, -0.1) is 0 Å². The fourth-order valence-electron chi connectivity index (χ4n) is 14.9. The first-order valence-electron chi connectivity index (χ1n) is 42.1. The molecular weight excluding hydrogens is 1490 g/mol. The molecule has 0 unspecified atom stereocenters. The van der Waals surface area contributed by atoms with Crippen LogP contribution in [-0.2, 0) is 0 Å². The van der Waals surface area contributed by atoms with Crippen LogP contribution in [0.15, 0.2) is 206 Å². The van der Waals surface area contributed by atoms with E-state index in [-0.39, 0.29) is 11.8 Å². The number of carbonyl (C=O) groups is 2.